The molecule has 1 fully saturated rings. The summed E-state index contributed by atoms with van der Waals surface area (Å²) in [6.45, 7) is 1.42. The van der Waals surface area contributed by atoms with Crippen molar-refractivity contribution in [2.75, 3.05) is 18.4 Å². The summed E-state index contributed by atoms with van der Waals surface area (Å²) in [5.41, 5.74) is 0.303. The van der Waals surface area contributed by atoms with Crippen molar-refractivity contribution in [2.24, 2.45) is 7.05 Å². The van der Waals surface area contributed by atoms with Crippen LogP contribution in [-0.4, -0.2) is 34.4 Å². The topological polar surface area (TPSA) is 71.4 Å². The number of anilines is 1. The molecular weight excluding hydrogens is 342 g/mol. The number of nitrogens with zero attached hydrogens (tertiary/aromatic N) is 2. The molecule has 1 aliphatic heterocycles. The summed E-state index contributed by atoms with van der Waals surface area (Å²) < 4.78 is 1.30. The quantitative estimate of drug-likeness (QED) is 0.915. The van der Waals surface area contributed by atoms with Gasteiger partial charge in [-0.25, -0.2) is 0 Å². The SMILES string of the molecule is Cn1cc(C(=O)N2CCCC2)cc(NC(=O)c2ccccc2Cl)c1=O. The van der Waals surface area contributed by atoms with Gasteiger partial charge in [-0.05, 0) is 31.0 Å². The normalized spacial score (nSPS) is 13.8. The van der Waals surface area contributed by atoms with Gasteiger partial charge in [0.2, 0.25) is 0 Å². The van der Waals surface area contributed by atoms with Crippen LogP contribution in [0.1, 0.15) is 33.6 Å². The fourth-order valence-corrected chi connectivity index (χ4v) is 3.08. The van der Waals surface area contributed by atoms with E-state index in [4.69, 9.17) is 11.6 Å². The Morgan fingerprint density at radius 1 is 1.16 bits per heavy atom. The van der Waals surface area contributed by atoms with Gasteiger partial charge >= 0.3 is 0 Å². The first-order valence-electron chi connectivity index (χ1n) is 8.03. The molecule has 1 saturated heterocycles. The van der Waals surface area contributed by atoms with Crippen LogP contribution in [0.25, 0.3) is 0 Å². The second-order valence-corrected chi connectivity index (χ2v) is 6.40. The van der Waals surface area contributed by atoms with Crippen molar-refractivity contribution in [3.63, 3.8) is 0 Å². The highest BCUT2D eigenvalue weighted by molar-refractivity contribution is 6.34. The van der Waals surface area contributed by atoms with Gasteiger partial charge in [-0.2, -0.15) is 0 Å². The van der Waals surface area contributed by atoms with E-state index in [0.717, 1.165) is 12.8 Å². The van der Waals surface area contributed by atoms with Gasteiger partial charge in [-0.15, -0.1) is 0 Å². The third-order valence-electron chi connectivity index (χ3n) is 4.19. The van der Waals surface area contributed by atoms with Gasteiger partial charge in [0.15, 0.2) is 0 Å². The molecule has 2 heterocycles. The maximum atomic E-state index is 12.5. The number of amides is 2. The maximum Gasteiger partial charge on any atom is 0.274 e. The minimum absolute atomic E-state index is 0.0532. The third kappa shape index (κ3) is 3.58. The molecule has 6 nitrogen and oxygen atoms in total. The van der Waals surface area contributed by atoms with E-state index in [9.17, 15) is 14.4 Å². The van der Waals surface area contributed by atoms with E-state index < -0.39 is 11.5 Å². The van der Waals surface area contributed by atoms with Crippen LogP contribution < -0.4 is 10.9 Å². The van der Waals surface area contributed by atoms with E-state index >= 15 is 0 Å². The highest BCUT2D eigenvalue weighted by Gasteiger charge is 2.21. The van der Waals surface area contributed by atoms with Crippen molar-refractivity contribution in [1.82, 2.24) is 9.47 Å². The van der Waals surface area contributed by atoms with Crippen LogP contribution in [0.15, 0.2) is 41.3 Å². The average Bonchev–Trinajstić information content (AvgIpc) is 3.13. The van der Waals surface area contributed by atoms with Crippen LogP contribution in [0.3, 0.4) is 0 Å². The Balaban J connectivity index is 1.91. The molecule has 1 aliphatic rings. The summed E-state index contributed by atoms with van der Waals surface area (Å²) in [5, 5.41) is 2.86. The van der Waals surface area contributed by atoms with Crippen molar-refractivity contribution in [3.05, 3.63) is 63.0 Å². The molecule has 3 rings (SSSR count). The third-order valence-corrected chi connectivity index (χ3v) is 4.52. The Morgan fingerprint density at radius 3 is 2.52 bits per heavy atom. The molecule has 7 heteroatoms. The smallest absolute Gasteiger partial charge is 0.274 e. The number of hydrogen-bond acceptors (Lipinski definition) is 3. The molecule has 1 aromatic carbocycles. The zero-order chi connectivity index (χ0) is 18.0. The van der Waals surface area contributed by atoms with E-state index in [2.05, 4.69) is 5.32 Å². The molecule has 2 aromatic rings. The molecule has 0 unspecified atom stereocenters. The summed E-state index contributed by atoms with van der Waals surface area (Å²) in [5.74, 6) is -0.630. The molecule has 0 saturated carbocycles. The van der Waals surface area contributed by atoms with Gasteiger partial charge in [-0.3, -0.25) is 14.4 Å². The Labute approximate surface area is 150 Å². The lowest BCUT2D eigenvalue weighted by atomic mass is 10.2. The van der Waals surface area contributed by atoms with Gasteiger partial charge < -0.3 is 14.8 Å². The number of halogens is 1. The minimum atomic E-state index is -0.492. The Morgan fingerprint density at radius 2 is 1.84 bits per heavy atom. The first kappa shape index (κ1) is 17.2. The minimum Gasteiger partial charge on any atom is -0.339 e. The Kier molecular flexibility index (Phi) is 4.90. The van der Waals surface area contributed by atoms with Crippen molar-refractivity contribution < 1.29 is 9.59 Å². The van der Waals surface area contributed by atoms with Crippen LogP contribution in [0.5, 0.6) is 0 Å². The van der Waals surface area contributed by atoms with E-state index in [1.54, 1.807) is 36.2 Å². The van der Waals surface area contributed by atoms with Crippen LogP contribution in [0, 0.1) is 0 Å². The highest BCUT2D eigenvalue weighted by Crippen LogP contribution is 2.18. The van der Waals surface area contributed by atoms with Gasteiger partial charge in [0.25, 0.3) is 17.4 Å². The lowest BCUT2D eigenvalue weighted by molar-refractivity contribution is 0.0791. The fourth-order valence-electron chi connectivity index (χ4n) is 2.86. The monoisotopic (exact) mass is 359 g/mol. The first-order chi connectivity index (χ1) is 12.0. The van der Waals surface area contributed by atoms with Crippen molar-refractivity contribution in [2.45, 2.75) is 12.8 Å². The lowest BCUT2D eigenvalue weighted by Crippen LogP contribution is -2.31. The lowest BCUT2D eigenvalue weighted by Gasteiger charge is -2.16. The zero-order valence-corrected chi connectivity index (χ0v) is 14.5. The van der Waals surface area contributed by atoms with Crippen LogP contribution in [0.4, 0.5) is 5.69 Å². The number of aryl methyl sites for hydroxylation is 1. The average molecular weight is 360 g/mol. The van der Waals surface area contributed by atoms with Crippen LogP contribution in [0.2, 0.25) is 5.02 Å². The van der Waals surface area contributed by atoms with Crippen molar-refractivity contribution in [1.29, 1.82) is 0 Å². The van der Waals surface area contributed by atoms with Crippen molar-refractivity contribution in [3.8, 4) is 0 Å². The molecule has 0 spiro atoms. The zero-order valence-electron chi connectivity index (χ0n) is 13.8. The summed E-state index contributed by atoms with van der Waals surface area (Å²) in [6, 6.07) is 8.00. The van der Waals surface area contributed by atoms with Gasteiger partial charge in [0.05, 0.1) is 16.1 Å². The molecular formula is C18H18ClN3O3. The second-order valence-electron chi connectivity index (χ2n) is 5.99. The number of carbonyl (C=O) groups excluding carboxylic acids is 2. The molecule has 25 heavy (non-hydrogen) atoms. The molecule has 130 valence electrons. The predicted molar refractivity (Wildman–Crippen MR) is 96.2 cm³/mol. The second kappa shape index (κ2) is 7.11. The number of pyridine rings is 1. The van der Waals surface area contributed by atoms with Crippen LogP contribution in [-0.2, 0) is 7.05 Å². The van der Waals surface area contributed by atoms with E-state index in [1.165, 1.54) is 16.8 Å². The highest BCUT2D eigenvalue weighted by atomic mass is 35.5. The number of aromatic nitrogens is 1. The standard InChI is InChI=1S/C18H18ClN3O3/c1-21-11-12(17(24)22-8-4-5-9-22)10-15(18(21)25)20-16(23)13-6-2-3-7-14(13)19/h2-3,6-7,10-11H,4-5,8-9H2,1H3,(H,20,23). The number of nitrogens with one attached hydrogen (secondary N) is 1. The van der Waals surface area contributed by atoms with Crippen LogP contribution >= 0.6 is 11.6 Å². The molecule has 0 radical (unpaired) electrons. The number of rotatable bonds is 3. The Hall–Kier alpha value is -2.60. The molecule has 0 aliphatic carbocycles. The summed E-state index contributed by atoms with van der Waals surface area (Å²) in [7, 11) is 1.55. The summed E-state index contributed by atoms with van der Waals surface area (Å²) in [6.07, 6.45) is 3.45. The van der Waals surface area contributed by atoms with E-state index in [0.29, 0.717) is 23.7 Å². The number of carbonyl (C=O) groups is 2. The largest absolute Gasteiger partial charge is 0.339 e. The predicted octanol–water partition coefficient (Wildman–Crippen LogP) is 2.53. The van der Waals surface area contributed by atoms with E-state index in [-0.39, 0.29) is 17.2 Å². The molecule has 1 N–H and O–H groups in total. The first-order valence-corrected chi connectivity index (χ1v) is 8.41. The molecule has 2 amide bonds. The fraction of sp³-hybridized carbons (Fsp3) is 0.278. The van der Waals surface area contributed by atoms with Gasteiger partial charge in [-0.1, -0.05) is 23.7 Å². The maximum absolute atomic E-state index is 12.5. The van der Waals surface area contributed by atoms with Gasteiger partial charge in [0.1, 0.15) is 5.69 Å². The molecule has 1 aromatic heterocycles. The summed E-state index contributed by atoms with van der Waals surface area (Å²) >= 11 is 6.02. The Bertz CT molecular complexity index is 885. The number of hydrogen-bond donors (Lipinski definition) is 1. The molecule has 0 bridgehead atoms. The summed E-state index contributed by atoms with van der Waals surface area (Å²) in [4.78, 5) is 39.0. The van der Waals surface area contributed by atoms with Gasteiger partial charge in [0, 0.05) is 26.3 Å². The number of benzene rings is 1. The number of likely N-dealkylation sites (tertiary alicyclic amines) is 1. The van der Waals surface area contributed by atoms with E-state index in [1.807, 2.05) is 0 Å². The van der Waals surface area contributed by atoms with Crippen molar-refractivity contribution >= 4 is 29.1 Å². The molecule has 0 atom stereocenters.